The summed E-state index contributed by atoms with van der Waals surface area (Å²) in [5.74, 6) is -0.305. The second-order valence-corrected chi connectivity index (χ2v) is 7.19. The van der Waals surface area contributed by atoms with E-state index < -0.39 is 5.82 Å². The van der Waals surface area contributed by atoms with Gasteiger partial charge in [-0.2, -0.15) is 0 Å². The Labute approximate surface area is 141 Å². The van der Waals surface area contributed by atoms with E-state index in [9.17, 15) is 9.18 Å². The fourth-order valence-electron chi connectivity index (χ4n) is 3.26. The molecule has 0 unspecified atom stereocenters. The molecule has 2 atom stereocenters. The number of imidazole rings is 1. The zero-order chi connectivity index (χ0) is 17.5. The highest BCUT2D eigenvalue weighted by molar-refractivity contribution is 5.95. The van der Waals surface area contributed by atoms with Crippen molar-refractivity contribution in [2.75, 3.05) is 5.32 Å². The molecule has 0 radical (unpaired) electrons. The van der Waals surface area contributed by atoms with Crippen LogP contribution in [0.1, 0.15) is 27.7 Å². The van der Waals surface area contributed by atoms with Gasteiger partial charge in [0.15, 0.2) is 0 Å². The van der Waals surface area contributed by atoms with Gasteiger partial charge in [-0.15, -0.1) is 0 Å². The number of benzene rings is 1. The Morgan fingerprint density at radius 1 is 1.38 bits per heavy atom. The number of carbonyl (C=O) groups excluding carboxylic acids is 1. The molecular formula is C19H22FN3O. The lowest BCUT2D eigenvalue weighted by Crippen LogP contribution is -2.17. The van der Waals surface area contributed by atoms with E-state index >= 15 is 0 Å². The van der Waals surface area contributed by atoms with Crippen molar-refractivity contribution in [1.82, 2.24) is 9.55 Å². The van der Waals surface area contributed by atoms with Crippen LogP contribution in [-0.2, 0) is 4.79 Å². The van der Waals surface area contributed by atoms with Gasteiger partial charge in [0.25, 0.3) is 0 Å². The highest BCUT2D eigenvalue weighted by Crippen LogP contribution is 2.59. The van der Waals surface area contributed by atoms with E-state index in [0.29, 0.717) is 11.4 Å². The fraction of sp³-hybridized carbons (Fsp3) is 0.368. The Balaban J connectivity index is 1.74. The number of aromatic nitrogens is 2. The number of hydrogen-bond acceptors (Lipinski definition) is 2. The minimum atomic E-state index is -0.401. The Morgan fingerprint density at radius 3 is 2.71 bits per heavy atom. The number of hydrogen-bond donors (Lipinski definition) is 1. The van der Waals surface area contributed by atoms with Crippen molar-refractivity contribution in [3.8, 4) is 5.69 Å². The van der Waals surface area contributed by atoms with Crippen molar-refractivity contribution in [1.29, 1.82) is 0 Å². The Bertz CT molecular complexity index is 789. The number of nitrogens with one attached hydrogen (secondary N) is 1. The van der Waals surface area contributed by atoms with Crippen molar-refractivity contribution < 1.29 is 9.18 Å². The van der Waals surface area contributed by atoms with Gasteiger partial charge < -0.3 is 9.88 Å². The molecule has 1 aromatic heterocycles. The topological polar surface area (TPSA) is 46.9 Å². The Morgan fingerprint density at radius 2 is 2.12 bits per heavy atom. The summed E-state index contributed by atoms with van der Waals surface area (Å²) in [6.45, 7) is 8.25. The number of amides is 1. The van der Waals surface area contributed by atoms with Gasteiger partial charge in [-0.3, -0.25) is 4.79 Å². The predicted octanol–water partition coefficient (Wildman–Crippen LogP) is 4.19. The van der Waals surface area contributed by atoms with Crippen LogP contribution in [0.15, 0.2) is 48.6 Å². The Hall–Kier alpha value is -2.43. The number of anilines is 1. The summed E-state index contributed by atoms with van der Waals surface area (Å²) in [6, 6.07) is 4.69. The van der Waals surface area contributed by atoms with Gasteiger partial charge in [0.1, 0.15) is 5.82 Å². The molecule has 0 bridgehead atoms. The summed E-state index contributed by atoms with van der Waals surface area (Å²) in [7, 11) is 0. The SMILES string of the molecule is CC(C)=C[C@H]1[C@H](C(=O)Nc2ccc(-n3ccnc3)c(F)c2)C1(C)C. The minimum absolute atomic E-state index is 0.0581. The quantitative estimate of drug-likeness (QED) is 0.856. The maximum Gasteiger partial charge on any atom is 0.228 e. The highest BCUT2D eigenvalue weighted by atomic mass is 19.1. The molecule has 126 valence electrons. The third-order valence-electron chi connectivity index (χ3n) is 4.70. The van der Waals surface area contributed by atoms with Crippen LogP contribution in [0.2, 0.25) is 0 Å². The highest BCUT2D eigenvalue weighted by Gasteiger charge is 2.60. The first kappa shape index (κ1) is 16.4. The molecule has 1 N–H and O–H groups in total. The maximum atomic E-state index is 14.3. The second-order valence-electron chi connectivity index (χ2n) is 7.19. The molecule has 2 aromatic rings. The van der Waals surface area contributed by atoms with E-state index in [1.165, 1.54) is 18.0 Å². The Kier molecular flexibility index (Phi) is 4.03. The average molecular weight is 327 g/mol. The van der Waals surface area contributed by atoms with Crippen LogP contribution < -0.4 is 5.32 Å². The smallest absolute Gasteiger partial charge is 0.228 e. The number of rotatable bonds is 4. The predicted molar refractivity (Wildman–Crippen MR) is 92.3 cm³/mol. The van der Waals surface area contributed by atoms with E-state index in [0.717, 1.165) is 0 Å². The van der Waals surface area contributed by atoms with Gasteiger partial charge >= 0.3 is 0 Å². The molecule has 0 saturated heterocycles. The largest absolute Gasteiger partial charge is 0.326 e. The molecule has 0 spiro atoms. The van der Waals surface area contributed by atoms with Crippen molar-refractivity contribution >= 4 is 11.6 Å². The summed E-state index contributed by atoms with van der Waals surface area (Å²) in [5.41, 5.74) is 2.02. The fourth-order valence-corrected chi connectivity index (χ4v) is 3.26. The van der Waals surface area contributed by atoms with Gasteiger partial charge in [0, 0.05) is 18.1 Å². The number of nitrogens with zero attached hydrogens (tertiary/aromatic N) is 2. The molecule has 1 saturated carbocycles. The summed E-state index contributed by atoms with van der Waals surface area (Å²) in [4.78, 5) is 16.4. The van der Waals surface area contributed by atoms with Crippen molar-refractivity contribution in [2.24, 2.45) is 17.3 Å². The van der Waals surface area contributed by atoms with Crippen LogP contribution in [0, 0.1) is 23.1 Å². The van der Waals surface area contributed by atoms with Crippen molar-refractivity contribution in [3.05, 3.63) is 54.4 Å². The van der Waals surface area contributed by atoms with Crippen LogP contribution >= 0.6 is 0 Å². The van der Waals surface area contributed by atoms with E-state index in [-0.39, 0.29) is 23.2 Å². The summed E-state index contributed by atoms with van der Waals surface area (Å²) < 4.78 is 15.9. The zero-order valence-electron chi connectivity index (χ0n) is 14.4. The first-order valence-corrected chi connectivity index (χ1v) is 8.04. The lowest BCUT2D eigenvalue weighted by Gasteiger charge is -2.09. The first-order chi connectivity index (χ1) is 11.3. The number of carbonyl (C=O) groups is 1. The molecule has 1 amide bonds. The summed E-state index contributed by atoms with van der Waals surface area (Å²) in [6.07, 6.45) is 6.95. The molecule has 1 aromatic carbocycles. The van der Waals surface area contributed by atoms with Gasteiger partial charge in [0.2, 0.25) is 5.91 Å². The van der Waals surface area contributed by atoms with Gasteiger partial charge in [-0.1, -0.05) is 25.5 Å². The molecule has 24 heavy (non-hydrogen) atoms. The summed E-state index contributed by atoms with van der Waals surface area (Å²) in [5, 5.41) is 2.84. The molecule has 1 aliphatic rings. The van der Waals surface area contributed by atoms with E-state index in [2.05, 4.69) is 30.2 Å². The first-order valence-electron chi connectivity index (χ1n) is 8.04. The van der Waals surface area contributed by atoms with Crippen LogP contribution in [0.4, 0.5) is 10.1 Å². The monoisotopic (exact) mass is 327 g/mol. The van der Waals surface area contributed by atoms with Gasteiger partial charge in [-0.25, -0.2) is 9.37 Å². The molecule has 3 rings (SSSR count). The minimum Gasteiger partial charge on any atom is -0.326 e. The third-order valence-corrected chi connectivity index (χ3v) is 4.70. The van der Waals surface area contributed by atoms with E-state index in [4.69, 9.17) is 0 Å². The van der Waals surface area contributed by atoms with E-state index in [1.807, 2.05) is 13.8 Å². The third kappa shape index (κ3) is 2.98. The molecular weight excluding hydrogens is 305 g/mol. The molecule has 4 nitrogen and oxygen atoms in total. The number of halogens is 1. The standard InChI is InChI=1S/C19H22FN3O/c1-12(2)9-14-17(19(14,3)4)18(24)22-13-5-6-16(15(20)10-13)23-8-7-21-11-23/h5-11,14,17H,1-4H3,(H,22,24)/t14-,17+/m0/s1. The average Bonchev–Trinajstić information content (AvgIpc) is 2.88. The summed E-state index contributed by atoms with van der Waals surface area (Å²) >= 11 is 0. The molecule has 1 aliphatic carbocycles. The van der Waals surface area contributed by atoms with Crippen molar-refractivity contribution in [2.45, 2.75) is 27.7 Å². The van der Waals surface area contributed by atoms with Crippen LogP contribution in [0.25, 0.3) is 5.69 Å². The van der Waals surface area contributed by atoms with Crippen LogP contribution in [0.5, 0.6) is 0 Å². The van der Waals surface area contributed by atoms with Gasteiger partial charge in [-0.05, 0) is 43.4 Å². The molecule has 5 heteroatoms. The maximum absolute atomic E-state index is 14.3. The molecule has 1 fully saturated rings. The van der Waals surface area contributed by atoms with Crippen LogP contribution in [0.3, 0.4) is 0 Å². The number of allylic oxidation sites excluding steroid dienone is 2. The van der Waals surface area contributed by atoms with Crippen LogP contribution in [-0.4, -0.2) is 15.5 Å². The molecule has 0 aliphatic heterocycles. The lowest BCUT2D eigenvalue weighted by atomic mass is 10.1. The lowest BCUT2D eigenvalue weighted by molar-refractivity contribution is -0.118. The normalized spacial score (nSPS) is 21.2. The van der Waals surface area contributed by atoms with Gasteiger partial charge in [0.05, 0.1) is 17.9 Å². The zero-order valence-corrected chi connectivity index (χ0v) is 14.4. The molecule has 1 heterocycles. The van der Waals surface area contributed by atoms with Crippen molar-refractivity contribution in [3.63, 3.8) is 0 Å². The van der Waals surface area contributed by atoms with E-state index in [1.54, 1.807) is 29.1 Å². The second kappa shape index (κ2) is 5.89.